The molecule has 9 nitrogen and oxygen atoms in total. The van der Waals surface area contributed by atoms with Gasteiger partial charge in [-0.25, -0.2) is 9.48 Å². The minimum atomic E-state index is -1.20. The minimum Gasteiger partial charge on any atom is -0.489 e. The molecule has 0 bridgehead atoms. The number of nitrogens with zero attached hydrogens (tertiary/aromatic N) is 3. The number of benzene rings is 1. The van der Waals surface area contributed by atoms with Gasteiger partial charge in [0.1, 0.15) is 6.54 Å². The molecule has 0 atom stereocenters. The molecule has 2 aromatic rings. The molecule has 1 aromatic heterocycles. The summed E-state index contributed by atoms with van der Waals surface area (Å²) in [6.45, 7) is 1.17. The van der Waals surface area contributed by atoms with Gasteiger partial charge in [-0.3, -0.25) is 4.79 Å². The molecule has 1 aliphatic rings. The van der Waals surface area contributed by atoms with E-state index in [4.69, 9.17) is 26.2 Å². The van der Waals surface area contributed by atoms with Crippen LogP contribution in [0.25, 0.3) is 0 Å². The highest BCUT2D eigenvalue weighted by Crippen LogP contribution is 2.37. The lowest BCUT2D eigenvalue weighted by molar-refractivity contribution is -0.122. The number of rotatable bonds is 5. The van der Waals surface area contributed by atoms with Crippen molar-refractivity contribution >= 4 is 23.5 Å². The van der Waals surface area contributed by atoms with Crippen LogP contribution in [0, 0.1) is 0 Å². The Bertz CT molecular complexity index is 807. The monoisotopic (exact) mass is 366 g/mol. The van der Waals surface area contributed by atoms with Gasteiger partial charge in [0.25, 0.3) is 0 Å². The van der Waals surface area contributed by atoms with Crippen molar-refractivity contribution in [2.75, 3.05) is 13.2 Å². The van der Waals surface area contributed by atoms with Crippen molar-refractivity contribution in [2.45, 2.75) is 19.5 Å². The van der Waals surface area contributed by atoms with Crippen LogP contribution in [0.2, 0.25) is 5.02 Å². The van der Waals surface area contributed by atoms with Crippen LogP contribution in [0.5, 0.6) is 11.5 Å². The van der Waals surface area contributed by atoms with Crippen molar-refractivity contribution < 1.29 is 24.2 Å². The first kappa shape index (κ1) is 17.0. The van der Waals surface area contributed by atoms with E-state index in [0.29, 0.717) is 29.7 Å². The lowest BCUT2D eigenvalue weighted by Gasteiger charge is -2.12. The first-order chi connectivity index (χ1) is 12.0. The number of aromatic carboxylic acids is 1. The van der Waals surface area contributed by atoms with E-state index < -0.39 is 5.97 Å². The molecular weight excluding hydrogens is 352 g/mol. The molecule has 1 aromatic carbocycles. The SMILES string of the molecule is O=C(Cn1cc(C(=O)O)nn1)NCc1cc(Cl)c2c(c1)OCCCO2. The van der Waals surface area contributed by atoms with Gasteiger partial charge in [-0.1, -0.05) is 16.8 Å². The van der Waals surface area contributed by atoms with Gasteiger partial charge in [0.05, 0.1) is 24.4 Å². The summed E-state index contributed by atoms with van der Waals surface area (Å²) in [5.74, 6) is -0.478. The number of carbonyl (C=O) groups is 2. The number of carboxylic acid groups (broad SMARTS) is 1. The van der Waals surface area contributed by atoms with Crippen LogP contribution < -0.4 is 14.8 Å². The molecular formula is C15H15ClN4O5. The summed E-state index contributed by atoms with van der Waals surface area (Å²) in [4.78, 5) is 22.7. The standard InChI is InChI=1S/C15H15ClN4O5/c16-10-4-9(5-12-14(10)25-3-1-2-24-12)6-17-13(21)8-20-7-11(15(22)23)18-19-20/h4-5,7H,1-3,6,8H2,(H,17,21)(H,22,23). The van der Waals surface area contributed by atoms with Gasteiger partial charge < -0.3 is 19.9 Å². The number of carbonyl (C=O) groups excluding carboxylic acids is 1. The fraction of sp³-hybridized carbons (Fsp3) is 0.333. The number of aromatic nitrogens is 3. The Morgan fingerprint density at radius 3 is 2.88 bits per heavy atom. The van der Waals surface area contributed by atoms with E-state index in [0.717, 1.165) is 16.7 Å². The van der Waals surface area contributed by atoms with Crippen LogP contribution >= 0.6 is 11.6 Å². The van der Waals surface area contributed by atoms with Crippen LogP contribution in [0.4, 0.5) is 0 Å². The third kappa shape index (κ3) is 4.18. The Balaban J connectivity index is 1.61. The normalized spacial score (nSPS) is 13.2. The van der Waals surface area contributed by atoms with E-state index >= 15 is 0 Å². The highest BCUT2D eigenvalue weighted by molar-refractivity contribution is 6.32. The van der Waals surface area contributed by atoms with E-state index in [1.165, 1.54) is 6.20 Å². The van der Waals surface area contributed by atoms with Crippen molar-refractivity contribution in [3.05, 3.63) is 34.6 Å². The number of hydrogen-bond acceptors (Lipinski definition) is 6. The molecule has 1 aliphatic heterocycles. The molecule has 0 saturated carbocycles. The van der Waals surface area contributed by atoms with Gasteiger partial charge in [-0.2, -0.15) is 0 Å². The second-order valence-corrected chi connectivity index (χ2v) is 5.75. The fourth-order valence-electron chi connectivity index (χ4n) is 2.26. The van der Waals surface area contributed by atoms with E-state index in [1.54, 1.807) is 12.1 Å². The molecule has 0 spiro atoms. The van der Waals surface area contributed by atoms with Crippen LogP contribution in [0.1, 0.15) is 22.5 Å². The Kier molecular flexibility index (Phi) is 5.03. The molecule has 0 fully saturated rings. The van der Waals surface area contributed by atoms with E-state index in [1.807, 2.05) is 0 Å². The van der Waals surface area contributed by atoms with Crippen LogP contribution in [-0.2, 0) is 17.9 Å². The lowest BCUT2D eigenvalue weighted by atomic mass is 10.2. The minimum absolute atomic E-state index is 0.140. The Hall–Kier alpha value is -2.81. The van der Waals surface area contributed by atoms with Gasteiger partial charge >= 0.3 is 5.97 Å². The zero-order valence-corrected chi connectivity index (χ0v) is 13.8. The predicted octanol–water partition coefficient (Wildman–Crippen LogP) is 1.11. The van der Waals surface area contributed by atoms with Gasteiger partial charge in [0, 0.05) is 13.0 Å². The number of carboxylic acids is 1. The lowest BCUT2D eigenvalue weighted by Crippen LogP contribution is -2.27. The average Bonchev–Trinajstić information content (AvgIpc) is 2.90. The molecule has 2 N–H and O–H groups in total. The summed E-state index contributed by atoms with van der Waals surface area (Å²) in [5, 5.41) is 18.9. The summed E-state index contributed by atoms with van der Waals surface area (Å²) in [7, 11) is 0. The molecule has 2 heterocycles. The molecule has 10 heteroatoms. The summed E-state index contributed by atoms with van der Waals surface area (Å²) in [5.41, 5.74) is 0.537. The van der Waals surface area contributed by atoms with Crippen molar-refractivity contribution in [3.63, 3.8) is 0 Å². The average molecular weight is 367 g/mol. The smallest absolute Gasteiger partial charge is 0.358 e. The van der Waals surface area contributed by atoms with Crippen LogP contribution in [-0.4, -0.2) is 45.2 Å². The van der Waals surface area contributed by atoms with Crippen LogP contribution in [0.3, 0.4) is 0 Å². The number of amides is 1. The van der Waals surface area contributed by atoms with E-state index in [9.17, 15) is 9.59 Å². The third-order valence-corrected chi connectivity index (χ3v) is 3.70. The molecule has 132 valence electrons. The molecule has 0 radical (unpaired) electrons. The first-order valence-corrected chi connectivity index (χ1v) is 7.89. The zero-order valence-electron chi connectivity index (χ0n) is 13.1. The number of ether oxygens (including phenoxy) is 2. The second-order valence-electron chi connectivity index (χ2n) is 5.34. The molecule has 3 rings (SSSR count). The molecule has 25 heavy (non-hydrogen) atoms. The third-order valence-electron chi connectivity index (χ3n) is 3.42. The highest BCUT2D eigenvalue weighted by Gasteiger charge is 2.16. The maximum atomic E-state index is 12.0. The van der Waals surface area contributed by atoms with Gasteiger partial charge in [-0.15, -0.1) is 5.10 Å². The zero-order chi connectivity index (χ0) is 17.8. The second kappa shape index (κ2) is 7.39. The molecule has 0 saturated heterocycles. The highest BCUT2D eigenvalue weighted by atomic mass is 35.5. The van der Waals surface area contributed by atoms with Gasteiger partial charge in [0.15, 0.2) is 17.2 Å². The molecule has 0 aliphatic carbocycles. The van der Waals surface area contributed by atoms with E-state index in [2.05, 4.69) is 15.6 Å². The largest absolute Gasteiger partial charge is 0.489 e. The topological polar surface area (TPSA) is 116 Å². The van der Waals surface area contributed by atoms with Gasteiger partial charge in [0.2, 0.25) is 5.91 Å². The van der Waals surface area contributed by atoms with Crippen molar-refractivity contribution in [3.8, 4) is 11.5 Å². The fourth-order valence-corrected chi connectivity index (χ4v) is 2.55. The first-order valence-electron chi connectivity index (χ1n) is 7.51. The number of nitrogens with one attached hydrogen (secondary N) is 1. The Morgan fingerprint density at radius 1 is 1.32 bits per heavy atom. The molecule has 0 unspecified atom stereocenters. The van der Waals surface area contributed by atoms with Gasteiger partial charge in [-0.05, 0) is 17.7 Å². The maximum Gasteiger partial charge on any atom is 0.358 e. The summed E-state index contributed by atoms with van der Waals surface area (Å²) < 4.78 is 12.3. The quantitative estimate of drug-likeness (QED) is 0.814. The number of fused-ring (bicyclic) bond motifs is 1. The van der Waals surface area contributed by atoms with Crippen molar-refractivity contribution in [1.82, 2.24) is 20.3 Å². The van der Waals surface area contributed by atoms with Crippen LogP contribution in [0.15, 0.2) is 18.3 Å². The Morgan fingerprint density at radius 2 is 2.12 bits per heavy atom. The number of hydrogen-bond donors (Lipinski definition) is 2. The molecule has 1 amide bonds. The number of halogens is 1. The maximum absolute atomic E-state index is 12.0. The summed E-state index contributed by atoms with van der Waals surface area (Å²) >= 11 is 6.20. The van der Waals surface area contributed by atoms with E-state index in [-0.39, 0.29) is 24.7 Å². The Labute approximate surface area is 147 Å². The van der Waals surface area contributed by atoms with Crippen molar-refractivity contribution in [1.29, 1.82) is 0 Å². The summed E-state index contributed by atoms with van der Waals surface area (Å²) in [6, 6.07) is 3.47. The summed E-state index contributed by atoms with van der Waals surface area (Å²) in [6.07, 6.45) is 1.96. The predicted molar refractivity (Wildman–Crippen MR) is 85.9 cm³/mol. The van der Waals surface area contributed by atoms with Crippen molar-refractivity contribution in [2.24, 2.45) is 0 Å².